The second-order valence-corrected chi connectivity index (χ2v) is 6.94. The lowest BCUT2D eigenvalue weighted by atomic mass is 10.1. The summed E-state index contributed by atoms with van der Waals surface area (Å²) in [5.41, 5.74) is 13.4. The summed E-state index contributed by atoms with van der Waals surface area (Å²) in [5.74, 6) is -1.31. The van der Waals surface area contributed by atoms with Gasteiger partial charge in [-0.3, -0.25) is 5.32 Å². The van der Waals surface area contributed by atoms with Crippen LogP contribution >= 0.6 is 0 Å². The molecule has 0 aliphatic rings. The molecule has 0 spiro atoms. The SMILES string of the molecule is COC(=O)Nc1c(N)nc(-c2nn(Cc3ccc(C)cc3F)c3ncc(F)cc23)nc1N. The number of carbonyl (C=O) groups is 1. The fraction of sp³-hybridized carbons (Fsp3) is 0.150. The topological polar surface area (TPSA) is 147 Å². The van der Waals surface area contributed by atoms with Crippen LogP contribution in [0.1, 0.15) is 11.1 Å². The Morgan fingerprint density at radius 1 is 1.19 bits per heavy atom. The molecule has 10 nitrogen and oxygen atoms in total. The number of nitrogen functional groups attached to an aromatic ring is 2. The minimum Gasteiger partial charge on any atom is -0.453 e. The fourth-order valence-electron chi connectivity index (χ4n) is 3.13. The van der Waals surface area contributed by atoms with E-state index in [1.165, 1.54) is 23.9 Å². The zero-order valence-corrected chi connectivity index (χ0v) is 17.1. The first-order chi connectivity index (χ1) is 15.3. The number of ether oxygens (including phenoxy) is 1. The number of carbonyl (C=O) groups excluding carboxylic acids is 1. The summed E-state index contributed by atoms with van der Waals surface area (Å²) in [6, 6.07) is 6.03. The van der Waals surface area contributed by atoms with Gasteiger partial charge in [0.15, 0.2) is 23.1 Å². The number of nitrogens with two attached hydrogens (primary N) is 2. The van der Waals surface area contributed by atoms with Crippen molar-refractivity contribution in [1.29, 1.82) is 0 Å². The number of halogens is 2. The van der Waals surface area contributed by atoms with E-state index in [4.69, 9.17) is 11.5 Å². The Bertz CT molecular complexity index is 1330. The molecule has 4 aromatic rings. The predicted molar refractivity (Wildman–Crippen MR) is 114 cm³/mol. The van der Waals surface area contributed by atoms with Crippen LogP contribution in [0.25, 0.3) is 22.6 Å². The average Bonchev–Trinajstić information content (AvgIpc) is 3.09. The number of amides is 1. The van der Waals surface area contributed by atoms with E-state index in [1.54, 1.807) is 19.1 Å². The van der Waals surface area contributed by atoms with E-state index in [-0.39, 0.29) is 40.8 Å². The zero-order chi connectivity index (χ0) is 23.0. The van der Waals surface area contributed by atoms with Crippen LogP contribution in [0, 0.1) is 18.6 Å². The number of methoxy groups -OCH3 is 1. The molecule has 3 heterocycles. The molecule has 1 amide bonds. The summed E-state index contributed by atoms with van der Waals surface area (Å²) in [5, 5.41) is 7.03. The third-order valence-corrected chi connectivity index (χ3v) is 4.67. The number of anilines is 3. The van der Waals surface area contributed by atoms with E-state index in [0.717, 1.165) is 11.8 Å². The molecule has 0 bridgehead atoms. The van der Waals surface area contributed by atoms with Crippen LogP contribution in [0.5, 0.6) is 0 Å². The first kappa shape index (κ1) is 20.9. The number of aryl methyl sites for hydroxylation is 1. The minimum absolute atomic E-state index is 0.0176. The van der Waals surface area contributed by atoms with Crippen molar-refractivity contribution < 1.29 is 18.3 Å². The second-order valence-electron chi connectivity index (χ2n) is 6.94. The normalized spacial score (nSPS) is 11.0. The largest absolute Gasteiger partial charge is 0.453 e. The van der Waals surface area contributed by atoms with Crippen molar-refractivity contribution in [3.05, 3.63) is 53.2 Å². The number of hydrogen-bond donors (Lipinski definition) is 3. The summed E-state index contributed by atoms with van der Waals surface area (Å²) < 4.78 is 34.3. The van der Waals surface area contributed by atoms with E-state index in [0.29, 0.717) is 11.2 Å². The molecule has 1 aromatic carbocycles. The Labute approximate surface area is 180 Å². The van der Waals surface area contributed by atoms with Crippen molar-refractivity contribution in [2.24, 2.45) is 0 Å². The lowest BCUT2D eigenvalue weighted by Crippen LogP contribution is -2.16. The van der Waals surface area contributed by atoms with Gasteiger partial charge in [0.25, 0.3) is 0 Å². The lowest BCUT2D eigenvalue weighted by molar-refractivity contribution is 0.187. The summed E-state index contributed by atoms with van der Waals surface area (Å²) in [4.78, 5) is 23.9. The van der Waals surface area contributed by atoms with Crippen molar-refractivity contribution in [3.8, 4) is 11.5 Å². The predicted octanol–water partition coefficient (Wildman–Crippen LogP) is 2.87. The standard InChI is InChI=1S/C20H18F2N8O2/c1-9-3-4-10(13(22)5-9)8-30-19-12(6-11(21)7-25-19)14(29-30)18-27-16(23)15(17(24)28-18)26-20(31)32-2/h3-7H,8H2,1-2H3,(H,26,31)(H4,23,24,27,28). The summed E-state index contributed by atoms with van der Waals surface area (Å²) in [6.07, 6.45) is 0.226. The average molecular weight is 440 g/mol. The van der Waals surface area contributed by atoms with Crippen LogP contribution in [0.3, 0.4) is 0 Å². The van der Waals surface area contributed by atoms with Gasteiger partial charge in [-0.05, 0) is 24.6 Å². The van der Waals surface area contributed by atoms with E-state index in [9.17, 15) is 13.6 Å². The van der Waals surface area contributed by atoms with Gasteiger partial charge in [0.2, 0.25) is 0 Å². The second kappa shape index (κ2) is 8.06. The van der Waals surface area contributed by atoms with Gasteiger partial charge in [0, 0.05) is 5.56 Å². The van der Waals surface area contributed by atoms with E-state index in [2.05, 4.69) is 30.1 Å². The Balaban J connectivity index is 1.83. The highest BCUT2D eigenvalue weighted by Crippen LogP contribution is 2.30. The molecule has 0 atom stereocenters. The lowest BCUT2D eigenvalue weighted by Gasteiger charge is -2.10. The Morgan fingerprint density at radius 2 is 1.91 bits per heavy atom. The summed E-state index contributed by atoms with van der Waals surface area (Å²) >= 11 is 0. The molecule has 0 saturated heterocycles. The minimum atomic E-state index is -0.805. The maximum absolute atomic E-state index is 14.4. The molecule has 12 heteroatoms. The molecule has 0 aliphatic heterocycles. The molecular weight excluding hydrogens is 422 g/mol. The molecule has 4 rings (SSSR count). The van der Waals surface area contributed by atoms with Gasteiger partial charge in [-0.2, -0.15) is 5.10 Å². The van der Waals surface area contributed by atoms with Crippen molar-refractivity contribution >= 4 is 34.4 Å². The Morgan fingerprint density at radius 3 is 2.56 bits per heavy atom. The number of pyridine rings is 1. The fourth-order valence-corrected chi connectivity index (χ4v) is 3.13. The first-order valence-electron chi connectivity index (χ1n) is 9.32. The smallest absolute Gasteiger partial charge is 0.411 e. The van der Waals surface area contributed by atoms with Gasteiger partial charge in [0.05, 0.1) is 25.2 Å². The van der Waals surface area contributed by atoms with Gasteiger partial charge in [-0.15, -0.1) is 0 Å². The highest BCUT2D eigenvalue weighted by molar-refractivity contribution is 5.94. The maximum atomic E-state index is 14.4. The number of aromatic nitrogens is 5. The number of rotatable bonds is 4. The number of nitrogens with one attached hydrogen (secondary N) is 1. The number of benzene rings is 1. The van der Waals surface area contributed by atoms with Crippen LogP contribution < -0.4 is 16.8 Å². The van der Waals surface area contributed by atoms with Crippen molar-refractivity contribution in [3.63, 3.8) is 0 Å². The van der Waals surface area contributed by atoms with Crippen molar-refractivity contribution in [2.45, 2.75) is 13.5 Å². The number of nitrogens with zero attached hydrogens (tertiary/aromatic N) is 5. The van der Waals surface area contributed by atoms with Crippen LogP contribution in [0.2, 0.25) is 0 Å². The van der Waals surface area contributed by atoms with Gasteiger partial charge >= 0.3 is 6.09 Å². The van der Waals surface area contributed by atoms with Crippen LogP contribution in [-0.2, 0) is 11.3 Å². The monoisotopic (exact) mass is 440 g/mol. The van der Waals surface area contributed by atoms with Crippen molar-refractivity contribution in [1.82, 2.24) is 24.7 Å². The third-order valence-electron chi connectivity index (χ3n) is 4.67. The molecule has 32 heavy (non-hydrogen) atoms. The molecule has 0 unspecified atom stereocenters. The number of hydrogen-bond acceptors (Lipinski definition) is 8. The van der Waals surface area contributed by atoms with Crippen molar-refractivity contribution in [2.75, 3.05) is 23.9 Å². The Hall–Kier alpha value is -4.35. The van der Waals surface area contributed by atoms with Gasteiger partial charge in [-0.1, -0.05) is 12.1 Å². The summed E-state index contributed by atoms with van der Waals surface area (Å²) in [6.45, 7) is 1.82. The van der Waals surface area contributed by atoms with Crippen LogP contribution in [0.15, 0.2) is 30.5 Å². The highest BCUT2D eigenvalue weighted by Gasteiger charge is 2.21. The molecule has 0 fully saturated rings. The van der Waals surface area contributed by atoms with E-state index >= 15 is 0 Å². The van der Waals surface area contributed by atoms with Gasteiger partial charge < -0.3 is 16.2 Å². The quantitative estimate of drug-likeness (QED) is 0.439. The number of fused-ring (bicyclic) bond motifs is 1. The molecule has 0 saturated carbocycles. The maximum Gasteiger partial charge on any atom is 0.411 e. The first-order valence-corrected chi connectivity index (χ1v) is 9.32. The molecular formula is C20H18F2N8O2. The van der Waals surface area contributed by atoms with Crippen LogP contribution in [0.4, 0.5) is 30.9 Å². The molecule has 164 valence electrons. The molecule has 0 radical (unpaired) electrons. The zero-order valence-electron chi connectivity index (χ0n) is 17.1. The summed E-state index contributed by atoms with van der Waals surface area (Å²) in [7, 11) is 1.17. The van der Waals surface area contributed by atoms with Crippen LogP contribution in [-0.4, -0.2) is 37.9 Å². The van der Waals surface area contributed by atoms with Gasteiger partial charge in [0.1, 0.15) is 23.0 Å². The molecule has 0 aliphatic carbocycles. The van der Waals surface area contributed by atoms with E-state index < -0.39 is 17.7 Å². The molecule has 3 aromatic heterocycles. The van der Waals surface area contributed by atoms with E-state index in [1.807, 2.05) is 0 Å². The third kappa shape index (κ3) is 3.85. The highest BCUT2D eigenvalue weighted by atomic mass is 19.1. The molecule has 5 N–H and O–H groups in total. The van der Waals surface area contributed by atoms with Gasteiger partial charge in [-0.25, -0.2) is 33.2 Å². The Kier molecular flexibility index (Phi) is 5.26.